The minimum Gasteiger partial charge on any atom is -0.479 e. The maximum atomic E-state index is 12.1. The van der Waals surface area contributed by atoms with Crippen LogP contribution in [-0.4, -0.2) is 39.0 Å². The fourth-order valence-corrected chi connectivity index (χ4v) is 4.24. The van der Waals surface area contributed by atoms with E-state index >= 15 is 0 Å². The number of oxazole rings is 1. The Hall–Kier alpha value is -1.80. The van der Waals surface area contributed by atoms with Gasteiger partial charge < -0.3 is 14.8 Å². The van der Waals surface area contributed by atoms with Crippen LogP contribution in [0.15, 0.2) is 28.2 Å². The van der Waals surface area contributed by atoms with E-state index in [1.165, 1.54) is 29.4 Å². The van der Waals surface area contributed by atoms with Gasteiger partial charge in [0.15, 0.2) is 0 Å². The lowest BCUT2D eigenvalue weighted by atomic mass is 9.99. The number of nitrogens with zero attached hydrogens (tertiary/aromatic N) is 1. The summed E-state index contributed by atoms with van der Waals surface area (Å²) < 4.78 is 5.35. The van der Waals surface area contributed by atoms with E-state index in [9.17, 15) is 14.7 Å². The summed E-state index contributed by atoms with van der Waals surface area (Å²) >= 11 is 3.03. The minimum absolute atomic E-state index is 0.00850. The molecule has 22 heavy (non-hydrogen) atoms. The van der Waals surface area contributed by atoms with Gasteiger partial charge in [0.1, 0.15) is 11.8 Å². The molecule has 1 atom stereocenters. The van der Waals surface area contributed by atoms with Crippen molar-refractivity contribution >= 4 is 35.0 Å². The van der Waals surface area contributed by atoms with Gasteiger partial charge in [0.25, 0.3) is 0 Å². The molecule has 3 rings (SSSR count). The van der Waals surface area contributed by atoms with E-state index in [2.05, 4.69) is 10.3 Å². The monoisotopic (exact) mass is 338 g/mol. The second-order valence-corrected chi connectivity index (χ2v) is 7.09. The van der Waals surface area contributed by atoms with Gasteiger partial charge in [0.05, 0.1) is 17.0 Å². The number of carboxylic acids is 1. The third-order valence-electron chi connectivity index (χ3n) is 3.44. The highest BCUT2D eigenvalue weighted by atomic mass is 32.2. The Morgan fingerprint density at radius 3 is 3.00 bits per heavy atom. The lowest BCUT2D eigenvalue weighted by Crippen LogP contribution is -2.55. The van der Waals surface area contributed by atoms with E-state index in [1.807, 2.05) is 17.5 Å². The van der Waals surface area contributed by atoms with Gasteiger partial charge in [-0.15, -0.1) is 11.3 Å². The van der Waals surface area contributed by atoms with Crippen LogP contribution in [0.25, 0.3) is 10.8 Å². The number of aromatic nitrogens is 1. The molecule has 0 aromatic carbocycles. The molecule has 2 N–H and O–H groups in total. The maximum Gasteiger partial charge on any atom is 0.330 e. The van der Waals surface area contributed by atoms with Gasteiger partial charge in [-0.3, -0.25) is 4.79 Å². The molecule has 8 heteroatoms. The van der Waals surface area contributed by atoms with Crippen LogP contribution in [0.5, 0.6) is 0 Å². The SMILES string of the molecule is O=C(Cc1coc(-c2cccs2)n1)NC1(C(=O)O)CCSC1. The molecule has 2 aromatic rings. The number of aliphatic carboxylic acids is 1. The first kappa shape index (κ1) is 15.1. The quantitative estimate of drug-likeness (QED) is 0.866. The number of carbonyl (C=O) groups excluding carboxylic acids is 1. The lowest BCUT2D eigenvalue weighted by molar-refractivity contribution is -0.146. The third-order valence-corrected chi connectivity index (χ3v) is 5.48. The average Bonchev–Trinajstić information content (AvgIpc) is 3.19. The van der Waals surface area contributed by atoms with Gasteiger partial charge >= 0.3 is 5.97 Å². The van der Waals surface area contributed by atoms with Crippen molar-refractivity contribution in [3.63, 3.8) is 0 Å². The average molecular weight is 338 g/mol. The fraction of sp³-hybridized carbons (Fsp3) is 0.357. The van der Waals surface area contributed by atoms with Crippen molar-refractivity contribution in [1.29, 1.82) is 0 Å². The van der Waals surface area contributed by atoms with Crippen LogP contribution in [0.2, 0.25) is 0 Å². The number of thioether (sulfide) groups is 1. The van der Waals surface area contributed by atoms with Gasteiger partial charge in [-0.2, -0.15) is 11.8 Å². The van der Waals surface area contributed by atoms with Crippen molar-refractivity contribution in [2.75, 3.05) is 11.5 Å². The summed E-state index contributed by atoms with van der Waals surface area (Å²) in [6.45, 7) is 0. The van der Waals surface area contributed by atoms with Crippen LogP contribution in [0.1, 0.15) is 12.1 Å². The first-order chi connectivity index (χ1) is 10.6. The van der Waals surface area contributed by atoms with Gasteiger partial charge in [-0.05, 0) is 23.6 Å². The molecule has 1 aliphatic rings. The largest absolute Gasteiger partial charge is 0.479 e. The summed E-state index contributed by atoms with van der Waals surface area (Å²) in [6.07, 6.45) is 1.89. The summed E-state index contributed by atoms with van der Waals surface area (Å²) in [5, 5.41) is 13.9. The molecule has 2 aromatic heterocycles. The van der Waals surface area contributed by atoms with Gasteiger partial charge in [-0.25, -0.2) is 9.78 Å². The Morgan fingerprint density at radius 1 is 1.50 bits per heavy atom. The number of thiophene rings is 1. The van der Waals surface area contributed by atoms with Gasteiger partial charge in [0.2, 0.25) is 11.8 Å². The Balaban J connectivity index is 1.66. The highest BCUT2D eigenvalue weighted by Crippen LogP contribution is 2.28. The van der Waals surface area contributed by atoms with Gasteiger partial charge in [-0.1, -0.05) is 6.07 Å². The van der Waals surface area contributed by atoms with Crippen LogP contribution in [0.4, 0.5) is 0 Å². The van der Waals surface area contributed by atoms with Crippen LogP contribution in [0.3, 0.4) is 0 Å². The van der Waals surface area contributed by atoms with Crippen LogP contribution in [0, 0.1) is 0 Å². The number of hydrogen-bond donors (Lipinski definition) is 2. The zero-order chi connectivity index (χ0) is 15.6. The Morgan fingerprint density at radius 2 is 2.36 bits per heavy atom. The first-order valence-corrected chi connectivity index (χ1v) is 8.73. The predicted octanol–water partition coefficient (Wildman–Crippen LogP) is 2.02. The second kappa shape index (κ2) is 6.13. The molecular weight excluding hydrogens is 324 g/mol. The smallest absolute Gasteiger partial charge is 0.330 e. The predicted molar refractivity (Wildman–Crippen MR) is 84.0 cm³/mol. The van der Waals surface area contributed by atoms with Crippen LogP contribution < -0.4 is 5.32 Å². The normalized spacial score (nSPS) is 20.9. The van der Waals surface area contributed by atoms with E-state index < -0.39 is 11.5 Å². The molecule has 3 heterocycles. The summed E-state index contributed by atoms with van der Waals surface area (Å²) in [5.74, 6) is 0.273. The van der Waals surface area contributed by atoms with Crippen LogP contribution in [-0.2, 0) is 16.0 Å². The standard InChI is InChI=1S/C14H14N2O4S2/c17-11(16-14(13(18)19)3-5-21-8-14)6-9-7-20-12(15-9)10-2-1-4-22-10/h1-2,4,7H,3,5-6,8H2,(H,16,17)(H,18,19). The minimum atomic E-state index is -1.15. The van der Waals surface area contributed by atoms with Crippen molar-refractivity contribution in [2.45, 2.75) is 18.4 Å². The number of carboxylic acid groups (broad SMARTS) is 1. The number of amides is 1. The zero-order valence-electron chi connectivity index (χ0n) is 11.6. The van der Waals surface area contributed by atoms with E-state index in [-0.39, 0.29) is 12.3 Å². The van der Waals surface area contributed by atoms with Crippen molar-refractivity contribution < 1.29 is 19.1 Å². The molecule has 1 saturated heterocycles. The van der Waals surface area contributed by atoms with Gasteiger partial charge in [0, 0.05) is 5.75 Å². The molecule has 0 bridgehead atoms. The Bertz CT molecular complexity index is 675. The second-order valence-electron chi connectivity index (χ2n) is 5.04. The third kappa shape index (κ3) is 3.02. The van der Waals surface area contributed by atoms with Crippen molar-refractivity contribution in [1.82, 2.24) is 10.3 Å². The zero-order valence-corrected chi connectivity index (χ0v) is 13.2. The van der Waals surface area contributed by atoms with Crippen molar-refractivity contribution in [2.24, 2.45) is 0 Å². The summed E-state index contributed by atoms with van der Waals surface area (Å²) in [4.78, 5) is 28.7. The molecule has 1 fully saturated rings. The molecular formula is C14H14N2O4S2. The molecule has 1 unspecified atom stereocenters. The molecule has 1 aliphatic heterocycles. The van der Waals surface area contributed by atoms with E-state index in [1.54, 1.807) is 0 Å². The number of carbonyl (C=O) groups is 2. The molecule has 6 nitrogen and oxygen atoms in total. The number of nitrogens with one attached hydrogen (secondary N) is 1. The van der Waals surface area contributed by atoms with Crippen LogP contribution >= 0.6 is 23.1 Å². The highest BCUT2D eigenvalue weighted by molar-refractivity contribution is 7.99. The fourth-order valence-electron chi connectivity index (χ4n) is 2.26. The van der Waals surface area contributed by atoms with E-state index in [0.717, 1.165) is 10.6 Å². The molecule has 0 spiro atoms. The van der Waals surface area contributed by atoms with Crippen molar-refractivity contribution in [3.8, 4) is 10.8 Å². The molecule has 116 valence electrons. The number of rotatable bonds is 5. The Kier molecular flexibility index (Phi) is 4.21. The molecule has 0 saturated carbocycles. The summed E-state index contributed by atoms with van der Waals surface area (Å²) in [5.41, 5.74) is -0.658. The summed E-state index contributed by atoms with van der Waals surface area (Å²) in [7, 11) is 0. The highest BCUT2D eigenvalue weighted by Gasteiger charge is 2.43. The molecule has 0 aliphatic carbocycles. The number of hydrogen-bond acceptors (Lipinski definition) is 6. The summed E-state index contributed by atoms with van der Waals surface area (Å²) in [6, 6.07) is 3.78. The van der Waals surface area contributed by atoms with E-state index in [0.29, 0.717) is 23.8 Å². The van der Waals surface area contributed by atoms with E-state index in [4.69, 9.17) is 4.42 Å². The molecule has 1 amide bonds. The van der Waals surface area contributed by atoms with Crippen molar-refractivity contribution in [3.05, 3.63) is 29.5 Å². The lowest BCUT2D eigenvalue weighted by Gasteiger charge is -2.24. The topological polar surface area (TPSA) is 92.4 Å². The maximum absolute atomic E-state index is 12.1. The first-order valence-electron chi connectivity index (χ1n) is 6.69. The molecule has 0 radical (unpaired) electrons. The Labute approximate surface area is 134 Å².